The lowest BCUT2D eigenvalue weighted by Crippen LogP contribution is -2.49. The normalized spacial score (nSPS) is 32.8. The predicted molar refractivity (Wildman–Crippen MR) is 42.5 cm³/mol. The summed E-state index contributed by atoms with van der Waals surface area (Å²) < 4.78 is 29.4. The van der Waals surface area contributed by atoms with Gasteiger partial charge in [-0.25, -0.2) is 8.78 Å². The Kier molecular flexibility index (Phi) is 3.40. The molecule has 0 bridgehead atoms. The maximum Gasteiger partial charge on any atom is 0.251 e. The van der Waals surface area contributed by atoms with Crippen LogP contribution in [0.2, 0.25) is 0 Å². The van der Waals surface area contributed by atoms with Gasteiger partial charge in [0.05, 0.1) is 19.3 Å². The van der Waals surface area contributed by atoms with Gasteiger partial charge in [0.2, 0.25) is 0 Å². The van der Waals surface area contributed by atoms with Gasteiger partial charge in [0.25, 0.3) is 6.43 Å². The Labute approximate surface area is 71.5 Å². The van der Waals surface area contributed by atoms with Gasteiger partial charge in [-0.2, -0.15) is 0 Å². The molecule has 1 aliphatic heterocycles. The Morgan fingerprint density at radius 3 is 2.75 bits per heavy atom. The molecule has 4 heteroatoms. The molecule has 2 unspecified atom stereocenters. The third-order valence-corrected chi connectivity index (χ3v) is 2.39. The second-order valence-electron chi connectivity index (χ2n) is 3.20. The van der Waals surface area contributed by atoms with Gasteiger partial charge in [0.15, 0.2) is 0 Å². The summed E-state index contributed by atoms with van der Waals surface area (Å²) in [4.78, 5) is 1.78. The Morgan fingerprint density at radius 2 is 2.17 bits per heavy atom. The van der Waals surface area contributed by atoms with Crippen LogP contribution in [-0.4, -0.2) is 43.2 Å². The van der Waals surface area contributed by atoms with E-state index in [1.165, 1.54) is 0 Å². The van der Waals surface area contributed by atoms with Crippen molar-refractivity contribution in [2.75, 3.05) is 19.7 Å². The summed E-state index contributed by atoms with van der Waals surface area (Å²) in [7, 11) is 0. The van der Waals surface area contributed by atoms with Crippen molar-refractivity contribution in [1.82, 2.24) is 4.90 Å². The zero-order valence-electron chi connectivity index (χ0n) is 7.46. The van der Waals surface area contributed by atoms with Crippen molar-refractivity contribution in [2.24, 2.45) is 0 Å². The first-order valence-corrected chi connectivity index (χ1v) is 4.25. The van der Waals surface area contributed by atoms with Crippen molar-refractivity contribution < 1.29 is 13.5 Å². The molecule has 1 fully saturated rings. The van der Waals surface area contributed by atoms with Gasteiger partial charge >= 0.3 is 0 Å². The first kappa shape index (κ1) is 9.86. The highest BCUT2D eigenvalue weighted by molar-refractivity contribution is 4.77. The molecule has 1 rings (SSSR count). The molecule has 1 aliphatic rings. The first-order chi connectivity index (χ1) is 5.61. The molecule has 0 aromatic rings. The van der Waals surface area contributed by atoms with Crippen LogP contribution in [0.25, 0.3) is 0 Å². The summed E-state index contributed by atoms with van der Waals surface area (Å²) in [5, 5.41) is 0. The SMILES string of the molecule is CC1OCCN(CC(F)F)C1C. The lowest BCUT2D eigenvalue weighted by atomic mass is 10.1. The molecule has 0 spiro atoms. The largest absolute Gasteiger partial charge is 0.376 e. The fourth-order valence-electron chi connectivity index (χ4n) is 1.43. The zero-order valence-corrected chi connectivity index (χ0v) is 7.46. The second-order valence-corrected chi connectivity index (χ2v) is 3.20. The summed E-state index contributed by atoms with van der Waals surface area (Å²) in [5.74, 6) is 0. The van der Waals surface area contributed by atoms with Gasteiger partial charge in [-0.1, -0.05) is 0 Å². The minimum absolute atomic E-state index is 0.0671. The molecule has 2 atom stereocenters. The maximum absolute atomic E-state index is 12.0. The fraction of sp³-hybridized carbons (Fsp3) is 1.00. The zero-order chi connectivity index (χ0) is 9.14. The molecule has 0 saturated carbocycles. The fourth-order valence-corrected chi connectivity index (χ4v) is 1.43. The van der Waals surface area contributed by atoms with Gasteiger partial charge in [-0.3, -0.25) is 4.90 Å². The average Bonchev–Trinajstić information content (AvgIpc) is 1.98. The molecule has 0 radical (unpaired) electrons. The van der Waals surface area contributed by atoms with Crippen LogP contribution in [0, 0.1) is 0 Å². The van der Waals surface area contributed by atoms with Crippen LogP contribution in [0.1, 0.15) is 13.8 Å². The highest BCUT2D eigenvalue weighted by Crippen LogP contribution is 2.14. The van der Waals surface area contributed by atoms with Crippen molar-refractivity contribution in [2.45, 2.75) is 32.4 Å². The minimum Gasteiger partial charge on any atom is -0.376 e. The van der Waals surface area contributed by atoms with Gasteiger partial charge < -0.3 is 4.74 Å². The van der Waals surface area contributed by atoms with Crippen LogP contribution < -0.4 is 0 Å². The lowest BCUT2D eigenvalue weighted by Gasteiger charge is -2.37. The number of morpholine rings is 1. The van der Waals surface area contributed by atoms with Crippen molar-refractivity contribution in [3.63, 3.8) is 0 Å². The topological polar surface area (TPSA) is 12.5 Å². The quantitative estimate of drug-likeness (QED) is 0.634. The van der Waals surface area contributed by atoms with Crippen LogP contribution in [0.4, 0.5) is 8.78 Å². The van der Waals surface area contributed by atoms with E-state index in [1.807, 2.05) is 13.8 Å². The molecule has 0 N–H and O–H groups in total. The number of nitrogens with zero attached hydrogens (tertiary/aromatic N) is 1. The lowest BCUT2D eigenvalue weighted by molar-refractivity contribution is -0.0707. The Hall–Kier alpha value is -0.220. The van der Waals surface area contributed by atoms with Crippen LogP contribution in [0.3, 0.4) is 0 Å². The maximum atomic E-state index is 12.0. The first-order valence-electron chi connectivity index (χ1n) is 4.25. The Morgan fingerprint density at radius 1 is 1.50 bits per heavy atom. The summed E-state index contributed by atoms with van der Waals surface area (Å²) in [6.07, 6.45) is -2.17. The molecule has 72 valence electrons. The van der Waals surface area contributed by atoms with E-state index < -0.39 is 6.43 Å². The van der Waals surface area contributed by atoms with Gasteiger partial charge in [0, 0.05) is 12.6 Å². The van der Waals surface area contributed by atoms with Gasteiger partial charge in [-0.15, -0.1) is 0 Å². The summed E-state index contributed by atoms with van der Waals surface area (Å²) in [5.41, 5.74) is 0. The third-order valence-electron chi connectivity index (χ3n) is 2.39. The molecule has 1 saturated heterocycles. The van der Waals surface area contributed by atoms with E-state index in [1.54, 1.807) is 4.90 Å². The Balaban J connectivity index is 2.41. The molecule has 0 amide bonds. The molecule has 0 aliphatic carbocycles. The number of halogens is 2. The molecule has 12 heavy (non-hydrogen) atoms. The van der Waals surface area contributed by atoms with Crippen LogP contribution in [-0.2, 0) is 4.74 Å². The Bertz CT molecular complexity index is 143. The average molecular weight is 179 g/mol. The molecule has 2 nitrogen and oxygen atoms in total. The van der Waals surface area contributed by atoms with E-state index in [4.69, 9.17) is 4.74 Å². The highest BCUT2D eigenvalue weighted by atomic mass is 19.3. The summed E-state index contributed by atoms with van der Waals surface area (Å²) >= 11 is 0. The molecule has 0 aromatic heterocycles. The van der Waals surface area contributed by atoms with E-state index in [9.17, 15) is 8.78 Å². The van der Waals surface area contributed by atoms with E-state index in [2.05, 4.69) is 0 Å². The molecular formula is C8H15F2NO. The summed E-state index contributed by atoms with van der Waals surface area (Å²) in [6.45, 7) is 4.90. The number of hydrogen-bond acceptors (Lipinski definition) is 2. The van der Waals surface area contributed by atoms with Gasteiger partial charge in [-0.05, 0) is 13.8 Å². The second kappa shape index (κ2) is 4.14. The van der Waals surface area contributed by atoms with E-state index in [-0.39, 0.29) is 18.7 Å². The number of alkyl halides is 2. The van der Waals surface area contributed by atoms with Crippen molar-refractivity contribution in [3.05, 3.63) is 0 Å². The van der Waals surface area contributed by atoms with Crippen LogP contribution in [0.15, 0.2) is 0 Å². The monoisotopic (exact) mass is 179 g/mol. The van der Waals surface area contributed by atoms with E-state index in [0.717, 1.165) is 0 Å². The van der Waals surface area contributed by atoms with E-state index in [0.29, 0.717) is 13.2 Å². The van der Waals surface area contributed by atoms with Crippen molar-refractivity contribution in [1.29, 1.82) is 0 Å². The molecule has 1 heterocycles. The van der Waals surface area contributed by atoms with E-state index >= 15 is 0 Å². The standard InChI is InChI=1S/C8H15F2NO/c1-6-7(2)12-4-3-11(6)5-8(9)10/h6-8H,3-5H2,1-2H3. The van der Waals surface area contributed by atoms with Crippen molar-refractivity contribution >= 4 is 0 Å². The predicted octanol–water partition coefficient (Wildman–Crippen LogP) is 1.36. The third kappa shape index (κ3) is 2.38. The minimum atomic E-state index is -2.24. The molecule has 0 aromatic carbocycles. The van der Waals surface area contributed by atoms with Crippen LogP contribution >= 0.6 is 0 Å². The number of rotatable bonds is 2. The molecular weight excluding hydrogens is 164 g/mol. The van der Waals surface area contributed by atoms with Gasteiger partial charge in [0.1, 0.15) is 0 Å². The number of hydrogen-bond donors (Lipinski definition) is 0. The number of ether oxygens (including phenoxy) is 1. The smallest absolute Gasteiger partial charge is 0.251 e. The summed E-state index contributed by atoms with van der Waals surface area (Å²) in [6, 6.07) is 0.104. The van der Waals surface area contributed by atoms with Crippen LogP contribution in [0.5, 0.6) is 0 Å². The van der Waals surface area contributed by atoms with Crippen molar-refractivity contribution in [3.8, 4) is 0 Å². The highest BCUT2D eigenvalue weighted by Gasteiger charge is 2.26.